The van der Waals surface area contributed by atoms with Gasteiger partial charge in [-0.05, 0) is 18.9 Å². The van der Waals surface area contributed by atoms with E-state index in [2.05, 4.69) is 58.3 Å². The number of rotatable bonds is 6. The van der Waals surface area contributed by atoms with Crippen LogP contribution in [0.2, 0.25) is 0 Å². The van der Waals surface area contributed by atoms with E-state index < -0.39 is 0 Å². The second kappa shape index (κ2) is 6.89. The third-order valence-corrected chi connectivity index (χ3v) is 3.07. The van der Waals surface area contributed by atoms with Crippen LogP contribution >= 0.6 is 0 Å². The van der Waals surface area contributed by atoms with Crippen molar-refractivity contribution in [2.45, 2.75) is 26.8 Å². The zero-order valence-corrected chi connectivity index (χ0v) is 12.4. The van der Waals surface area contributed by atoms with Crippen LogP contribution in [-0.2, 0) is 6.54 Å². The molecule has 2 aromatic rings. The summed E-state index contributed by atoms with van der Waals surface area (Å²) in [5.74, 6) is 1.72. The number of nitrogens with one attached hydrogen (secondary N) is 1. The molecular weight excluding hydrogens is 248 g/mol. The highest BCUT2D eigenvalue weighted by Crippen LogP contribution is 2.14. The first-order valence-corrected chi connectivity index (χ1v) is 7.01. The van der Waals surface area contributed by atoms with Gasteiger partial charge in [-0.2, -0.15) is 0 Å². The molecule has 0 bridgehead atoms. The fourth-order valence-electron chi connectivity index (χ4n) is 2.04. The molecule has 4 heteroatoms. The summed E-state index contributed by atoms with van der Waals surface area (Å²) in [5, 5.41) is 3.26. The summed E-state index contributed by atoms with van der Waals surface area (Å²) < 4.78 is 0. The first-order chi connectivity index (χ1) is 9.69. The van der Waals surface area contributed by atoms with Crippen LogP contribution in [0, 0.1) is 6.92 Å². The van der Waals surface area contributed by atoms with Crippen LogP contribution in [0.1, 0.15) is 24.5 Å². The molecule has 20 heavy (non-hydrogen) atoms. The Morgan fingerprint density at radius 2 is 2.10 bits per heavy atom. The van der Waals surface area contributed by atoms with E-state index in [1.807, 2.05) is 7.05 Å². The van der Waals surface area contributed by atoms with Crippen LogP contribution in [0.4, 0.5) is 11.6 Å². The lowest BCUT2D eigenvalue weighted by atomic mass is 10.1. The minimum absolute atomic E-state index is 0.827. The van der Waals surface area contributed by atoms with Gasteiger partial charge in [-0.25, -0.2) is 4.98 Å². The summed E-state index contributed by atoms with van der Waals surface area (Å²) in [6.07, 6.45) is 4.64. The van der Waals surface area contributed by atoms with Gasteiger partial charge in [0.25, 0.3) is 0 Å². The second-order valence-electron chi connectivity index (χ2n) is 5.03. The highest BCUT2D eigenvalue weighted by atomic mass is 15.2. The maximum absolute atomic E-state index is 4.58. The number of anilines is 2. The molecule has 4 nitrogen and oxygen atoms in total. The smallest absolute Gasteiger partial charge is 0.149 e. The Hall–Kier alpha value is -2.10. The molecule has 0 atom stereocenters. The summed E-state index contributed by atoms with van der Waals surface area (Å²) >= 11 is 0. The van der Waals surface area contributed by atoms with Crippen molar-refractivity contribution in [3.63, 3.8) is 0 Å². The Morgan fingerprint density at radius 1 is 1.25 bits per heavy atom. The predicted octanol–water partition coefficient (Wildman–Crippen LogP) is 3.24. The number of benzene rings is 1. The van der Waals surface area contributed by atoms with Gasteiger partial charge in [-0.15, -0.1) is 0 Å². The van der Waals surface area contributed by atoms with Gasteiger partial charge in [0.05, 0.1) is 12.4 Å². The fraction of sp³-hybridized carbons (Fsp3) is 0.375. The Kier molecular flexibility index (Phi) is 4.93. The zero-order valence-electron chi connectivity index (χ0n) is 12.4. The zero-order chi connectivity index (χ0) is 14.4. The number of aryl methyl sites for hydroxylation is 1. The molecule has 0 amide bonds. The van der Waals surface area contributed by atoms with E-state index in [0.29, 0.717) is 0 Å². The van der Waals surface area contributed by atoms with Gasteiger partial charge in [-0.1, -0.05) is 36.8 Å². The minimum Gasteiger partial charge on any atom is -0.369 e. The van der Waals surface area contributed by atoms with Crippen LogP contribution in [0.25, 0.3) is 0 Å². The Balaban J connectivity index is 2.06. The van der Waals surface area contributed by atoms with Crippen molar-refractivity contribution in [3.05, 3.63) is 47.8 Å². The molecule has 0 saturated heterocycles. The van der Waals surface area contributed by atoms with Crippen molar-refractivity contribution < 1.29 is 0 Å². The van der Waals surface area contributed by atoms with Gasteiger partial charge >= 0.3 is 0 Å². The van der Waals surface area contributed by atoms with Crippen LogP contribution in [0.3, 0.4) is 0 Å². The van der Waals surface area contributed by atoms with Crippen molar-refractivity contribution in [2.24, 2.45) is 0 Å². The third kappa shape index (κ3) is 3.95. The molecular formula is C16H22N4. The summed E-state index contributed by atoms with van der Waals surface area (Å²) in [6, 6.07) is 8.53. The van der Waals surface area contributed by atoms with E-state index in [0.717, 1.165) is 31.1 Å². The summed E-state index contributed by atoms with van der Waals surface area (Å²) in [4.78, 5) is 10.9. The van der Waals surface area contributed by atoms with Crippen molar-refractivity contribution in [1.82, 2.24) is 9.97 Å². The largest absolute Gasteiger partial charge is 0.369 e. The number of hydrogen-bond donors (Lipinski definition) is 1. The van der Waals surface area contributed by atoms with Crippen molar-refractivity contribution in [1.29, 1.82) is 0 Å². The molecule has 1 aromatic heterocycles. The highest BCUT2D eigenvalue weighted by molar-refractivity contribution is 5.44. The molecule has 1 aromatic carbocycles. The first-order valence-electron chi connectivity index (χ1n) is 7.01. The van der Waals surface area contributed by atoms with E-state index in [-0.39, 0.29) is 0 Å². The molecule has 0 aliphatic heterocycles. The third-order valence-electron chi connectivity index (χ3n) is 3.07. The summed E-state index contributed by atoms with van der Waals surface area (Å²) in [5.41, 5.74) is 2.56. The Labute approximate surface area is 120 Å². The molecule has 0 aliphatic rings. The highest BCUT2D eigenvalue weighted by Gasteiger charge is 2.05. The SMILES string of the molecule is CCCNc1cncc(N(C)Cc2cccc(C)c2)n1. The van der Waals surface area contributed by atoms with Gasteiger partial charge < -0.3 is 10.2 Å². The van der Waals surface area contributed by atoms with Crippen LogP contribution in [0.15, 0.2) is 36.7 Å². The van der Waals surface area contributed by atoms with Gasteiger partial charge in [0.15, 0.2) is 0 Å². The number of hydrogen-bond acceptors (Lipinski definition) is 4. The van der Waals surface area contributed by atoms with Gasteiger partial charge in [0, 0.05) is 20.1 Å². The molecule has 0 aliphatic carbocycles. The molecule has 0 unspecified atom stereocenters. The maximum Gasteiger partial charge on any atom is 0.149 e. The van der Waals surface area contributed by atoms with Crippen molar-refractivity contribution >= 4 is 11.6 Å². The van der Waals surface area contributed by atoms with E-state index in [4.69, 9.17) is 0 Å². The second-order valence-corrected chi connectivity index (χ2v) is 5.03. The normalized spacial score (nSPS) is 10.3. The quantitative estimate of drug-likeness (QED) is 0.875. The average molecular weight is 270 g/mol. The van der Waals surface area contributed by atoms with Crippen LogP contribution in [0.5, 0.6) is 0 Å². The van der Waals surface area contributed by atoms with Crippen LogP contribution < -0.4 is 10.2 Å². The van der Waals surface area contributed by atoms with Crippen molar-refractivity contribution in [2.75, 3.05) is 23.8 Å². The summed E-state index contributed by atoms with van der Waals surface area (Å²) in [6.45, 7) is 5.99. The van der Waals surface area contributed by atoms with E-state index in [1.165, 1.54) is 11.1 Å². The van der Waals surface area contributed by atoms with Crippen LogP contribution in [-0.4, -0.2) is 23.6 Å². The fourth-order valence-corrected chi connectivity index (χ4v) is 2.04. The molecule has 0 spiro atoms. The molecule has 1 heterocycles. The molecule has 0 fully saturated rings. The van der Waals surface area contributed by atoms with E-state index >= 15 is 0 Å². The molecule has 0 saturated carbocycles. The standard InChI is InChI=1S/C16H22N4/c1-4-8-18-15-10-17-11-16(19-15)20(3)12-14-7-5-6-13(2)9-14/h5-7,9-11H,4,8,12H2,1-3H3,(H,18,19). The first kappa shape index (κ1) is 14.3. The molecule has 2 rings (SSSR count). The van der Waals surface area contributed by atoms with E-state index in [9.17, 15) is 0 Å². The summed E-state index contributed by atoms with van der Waals surface area (Å²) in [7, 11) is 2.04. The molecule has 106 valence electrons. The Bertz CT molecular complexity index is 554. The monoisotopic (exact) mass is 270 g/mol. The van der Waals surface area contributed by atoms with Crippen molar-refractivity contribution in [3.8, 4) is 0 Å². The average Bonchev–Trinajstić information content (AvgIpc) is 2.45. The van der Waals surface area contributed by atoms with Gasteiger partial charge in [0.1, 0.15) is 11.6 Å². The lowest BCUT2D eigenvalue weighted by Crippen LogP contribution is -2.18. The predicted molar refractivity (Wildman–Crippen MR) is 84.1 cm³/mol. The Morgan fingerprint density at radius 3 is 2.85 bits per heavy atom. The van der Waals surface area contributed by atoms with Gasteiger partial charge in [-0.3, -0.25) is 4.98 Å². The topological polar surface area (TPSA) is 41.1 Å². The van der Waals surface area contributed by atoms with Gasteiger partial charge in [0.2, 0.25) is 0 Å². The maximum atomic E-state index is 4.58. The number of nitrogens with zero attached hydrogens (tertiary/aromatic N) is 3. The molecule has 1 N–H and O–H groups in total. The lowest BCUT2D eigenvalue weighted by molar-refractivity contribution is 0.884. The number of aromatic nitrogens is 2. The van der Waals surface area contributed by atoms with E-state index in [1.54, 1.807) is 12.4 Å². The lowest BCUT2D eigenvalue weighted by Gasteiger charge is -2.18. The minimum atomic E-state index is 0.827. The molecule has 0 radical (unpaired) electrons.